The molecule has 3 unspecified atom stereocenters. The molecule has 0 rings (SSSR count). The molecule has 3 atom stereocenters. The molecule has 0 amide bonds. The number of thioether (sulfide) groups is 1. The number of aliphatic hydroxyl groups excluding tert-OH is 1. The van der Waals surface area contributed by atoms with Gasteiger partial charge in [-0.1, -0.05) is 68.4 Å². The molecule has 0 bridgehead atoms. The first-order valence-corrected chi connectivity index (χ1v) is 12.0. The molecule has 4 N–H and O–H groups in total. The van der Waals surface area contributed by atoms with Crippen LogP contribution >= 0.6 is 11.8 Å². The van der Waals surface area contributed by atoms with E-state index >= 15 is 0 Å². The van der Waals surface area contributed by atoms with Crippen LogP contribution in [0.1, 0.15) is 58.3 Å². The largest absolute Gasteiger partial charge is 0.480 e. The van der Waals surface area contributed by atoms with Gasteiger partial charge in [-0.15, -0.1) is 11.8 Å². The maximum atomic E-state index is 11.2. The van der Waals surface area contributed by atoms with Crippen LogP contribution in [0.5, 0.6) is 0 Å². The quantitative estimate of drug-likeness (QED) is 0.122. The Bertz CT molecular complexity index is 601. The summed E-state index contributed by atoms with van der Waals surface area (Å²) in [5, 5.41) is 19.1. The summed E-state index contributed by atoms with van der Waals surface area (Å²) in [5.74, 6) is -1.20. The minimum absolute atomic E-state index is 0.187. The van der Waals surface area contributed by atoms with Gasteiger partial charge in [0.05, 0.1) is 13.2 Å². The Morgan fingerprint density at radius 2 is 1.81 bits per heavy atom. The number of ether oxygens (including phenoxy) is 1. The van der Waals surface area contributed by atoms with E-state index in [0.717, 1.165) is 12.8 Å². The van der Waals surface area contributed by atoms with Crippen LogP contribution in [0.2, 0.25) is 0 Å². The van der Waals surface area contributed by atoms with Crippen LogP contribution < -0.4 is 5.73 Å². The summed E-state index contributed by atoms with van der Waals surface area (Å²) in [4.78, 5) is 22.2. The number of carbonyl (C=O) groups is 2. The monoisotopic (exact) mass is 453 g/mol. The number of carbonyl (C=O) groups excluding carboxylic acids is 1. The zero-order valence-corrected chi connectivity index (χ0v) is 19.6. The SMILES string of the molecule is CCCCCC=CCC=CC=CC=CC(SCC(N)C(=O)O)C(O)CCCC(=O)OC. The number of methoxy groups -OCH3 is 1. The van der Waals surface area contributed by atoms with Crippen molar-refractivity contribution in [3.8, 4) is 0 Å². The number of carboxylic acids is 1. The van der Waals surface area contributed by atoms with Crippen LogP contribution in [0.15, 0.2) is 48.6 Å². The van der Waals surface area contributed by atoms with Gasteiger partial charge in [-0.2, -0.15) is 0 Å². The van der Waals surface area contributed by atoms with Crippen molar-refractivity contribution in [2.24, 2.45) is 5.73 Å². The van der Waals surface area contributed by atoms with E-state index in [1.54, 1.807) is 0 Å². The summed E-state index contributed by atoms with van der Waals surface area (Å²) < 4.78 is 4.61. The first kappa shape index (κ1) is 29.2. The summed E-state index contributed by atoms with van der Waals surface area (Å²) >= 11 is 1.29. The number of rotatable bonds is 18. The molecule has 0 aromatic heterocycles. The van der Waals surface area contributed by atoms with E-state index in [4.69, 9.17) is 10.8 Å². The summed E-state index contributed by atoms with van der Waals surface area (Å²) in [5.41, 5.74) is 5.58. The van der Waals surface area contributed by atoms with Crippen molar-refractivity contribution in [3.63, 3.8) is 0 Å². The highest BCUT2D eigenvalue weighted by molar-refractivity contribution is 8.00. The highest BCUT2D eigenvalue weighted by atomic mass is 32.2. The first-order chi connectivity index (χ1) is 14.9. The van der Waals surface area contributed by atoms with Gasteiger partial charge in [-0.05, 0) is 32.1 Å². The minimum atomic E-state index is -1.07. The van der Waals surface area contributed by atoms with E-state index in [0.29, 0.717) is 12.8 Å². The van der Waals surface area contributed by atoms with Crippen molar-refractivity contribution in [2.75, 3.05) is 12.9 Å². The molecule has 0 heterocycles. The van der Waals surface area contributed by atoms with Gasteiger partial charge in [0.1, 0.15) is 6.04 Å². The van der Waals surface area contributed by atoms with E-state index < -0.39 is 18.1 Å². The van der Waals surface area contributed by atoms with Crippen LogP contribution in [-0.4, -0.2) is 52.4 Å². The highest BCUT2D eigenvalue weighted by Gasteiger charge is 2.20. The predicted molar refractivity (Wildman–Crippen MR) is 129 cm³/mol. The molecule has 31 heavy (non-hydrogen) atoms. The lowest BCUT2D eigenvalue weighted by molar-refractivity contribution is -0.141. The standard InChI is InChI=1S/C24H39NO5S/c1-3-4-5-6-7-8-9-10-11-12-13-14-17-22(31-19-20(25)24(28)29)21(26)16-15-18-23(27)30-2/h7-8,10-14,17,20-22,26H,3-6,9,15-16,18-19,25H2,1-2H3,(H,28,29). The fourth-order valence-electron chi connectivity index (χ4n) is 2.57. The zero-order chi connectivity index (χ0) is 23.3. The van der Waals surface area contributed by atoms with E-state index in [1.807, 2.05) is 30.4 Å². The third-order valence-corrected chi connectivity index (χ3v) is 5.86. The Morgan fingerprint density at radius 3 is 2.48 bits per heavy atom. The normalized spacial score (nSPS) is 15.2. The molecule has 0 spiro atoms. The van der Waals surface area contributed by atoms with Crippen LogP contribution in [0, 0.1) is 0 Å². The Balaban J connectivity index is 4.55. The van der Waals surface area contributed by atoms with Gasteiger partial charge >= 0.3 is 11.9 Å². The average molecular weight is 454 g/mol. The van der Waals surface area contributed by atoms with E-state index in [2.05, 4.69) is 29.9 Å². The van der Waals surface area contributed by atoms with Crippen LogP contribution in [0.4, 0.5) is 0 Å². The van der Waals surface area contributed by atoms with Crippen molar-refractivity contribution in [2.45, 2.75) is 75.7 Å². The molecule has 0 radical (unpaired) electrons. The molecule has 0 aromatic carbocycles. The number of carboxylic acid groups (broad SMARTS) is 1. The molecular weight excluding hydrogens is 414 g/mol. The van der Waals surface area contributed by atoms with Crippen molar-refractivity contribution in [1.29, 1.82) is 0 Å². The Hall–Kier alpha value is -1.83. The second-order valence-electron chi connectivity index (χ2n) is 7.18. The maximum absolute atomic E-state index is 11.2. The number of hydrogen-bond acceptors (Lipinski definition) is 6. The minimum Gasteiger partial charge on any atom is -0.480 e. The molecule has 0 aromatic rings. The lowest BCUT2D eigenvalue weighted by atomic mass is 10.1. The van der Waals surface area contributed by atoms with E-state index in [-0.39, 0.29) is 23.4 Å². The number of aliphatic hydroxyl groups is 1. The number of allylic oxidation sites excluding steroid dienone is 7. The molecular formula is C24H39NO5S. The smallest absolute Gasteiger partial charge is 0.321 e. The molecule has 0 saturated heterocycles. The lowest BCUT2D eigenvalue weighted by Gasteiger charge is -2.20. The van der Waals surface area contributed by atoms with Gasteiger partial charge in [0.25, 0.3) is 0 Å². The van der Waals surface area contributed by atoms with Crippen molar-refractivity contribution in [1.82, 2.24) is 0 Å². The number of hydrogen-bond donors (Lipinski definition) is 3. The fourth-order valence-corrected chi connectivity index (χ4v) is 3.70. The predicted octanol–water partition coefficient (Wildman–Crippen LogP) is 4.40. The maximum Gasteiger partial charge on any atom is 0.321 e. The lowest BCUT2D eigenvalue weighted by Crippen LogP contribution is -2.34. The average Bonchev–Trinajstić information content (AvgIpc) is 2.75. The van der Waals surface area contributed by atoms with Crippen LogP contribution in [0.3, 0.4) is 0 Å². The van der Waals surface area contributed by atoms with E-state index in [9.17, 15) is 14.7 Å². The molecule has 0 saturated carbocycles. The van der Waals surface area contributed by atoms with Gasteiger partial charge in [0, 0.05) is 17.4 Å². The Labute approximate surface area is 191 Å². The summed E-state index contributed by atoms with van der Waals surface area (Å²) in [6.45, 7) is 2.20. The molecule has 6 nitrogen and oxygen atoms in total. The summed E-state index contributed by atoms with van der Waals surface area (Å²) in [6, 6.07) is -0.989. The highest BCUT2D eigenvalue weighted by Crippen LogP contribution is 2.21. The molecule has 176 valence electrons. The van der Waals surface area contributed by atoms with Crippen molar-refractivity contribution < 1.29 is 24.5 Å². The fraction of sp³-hybridized carbons (Fsp3) is 0.583. The third kappa shape index (κ3) is 17.5. The molecule has 0 aliphatic rings. The van der Waals surface area contributed by atoms with Gasteiger partial charge in [-0.25, -0.2) is 0 Å². The summed E-state index contributed by atoms with van der Waals surface area (Å²) in [7, 11) is 1.33. The van der Waals surface area contributed by atoms with Crippen molar-refractivity contribution >= 4 is 23.7 Å². The number of unbranched alkanes of at least 4 members (excludes halogenated alkanes) is 3. The Morgan fingerprint density at radius 1 is 1.06 bits per heavy atom. The van der Waals surface area contributed by atoms with E-state index in [1.165, 1.54) is 38.1 Å². The number of esters is 1. The molecule has 0 aliphatic carbocycles. The Kier molecular flexibility index (Phi) is 18.9. The second kappa shape index (κ2) is 20.1. The molecule has 0 aliphatic heterocycles. The molecule has 0 fully saturated rings. The summed E-state index contributed by atoms with van der Waals surface area (Å²) in [6.07, 6.45) is 22.1. The number of aliphatic carboxylic acids is 1. The van der Waals surface area contributed by atoms with Gasteiger partial charge < -0.3 is 20.7 Å². The van der Waals surface area contributed by atoms with Crippen molar-refractivity contribution in [3.05, 3.63) is 48.6 Å². The number of nitrogens with two attached hydrogens (primary N) is 1. The van der Waals surface area contributed by atoms with Gasteiger partial charge in [0.15, 0.2) is 0 Å². The third-order valence-electron chi connectivity index (χ3n) is 4.46. The molecule has 7 heteroatoms. The topological polar surface area (TPSA) is 110 Å². The first-order valence-electron chi connectivity index (χ1n) is 10.9. The van der Waals surface area contributed by atoms with Crippen LogP contribution in [-0.2, 0) is 14.3 Å². The second-order valence-corrected chi connectivity index (χ2v) is 8.39. The van der Waals surface area contributed by atoms with Gasteiger partial charge in [-0.3, -0.25) is 9.59 Å². The van der Waals surface area contributed by atoms with Gasteiger partial charge in [0.2, 0.25) is 0 Å². The van der Waals surface area contributed by atoms with Crippen LogP contribution in [0.25, 0.3) is 0 Å². The zero-order valence-electron chi connectivity index (χ0n) is 18.8.